The van der Waals surface area contributed by atoms with E-state index in [2.05, 4.69) is 25.4 Å². The van der Waals surface area contributed by atoms with Gasteiger partial charge < -0.3 is 5.32 Å². The molecule has 0 radical (unpaired) electrons. The third-order valence-corrected chi connectivity index (χ3v) is 6.33. The van der Waals surface area contributed by atoms with E-state index in [1.54, 1.807) is 18.2 Å². The Morgan fingerprint density at radius 1 is 1.18 bits per heavy atom. The SMILES string of the molecule is O=c1[nH]nc(CN2CCC[C@H](NCc3cc(I)cc(C(F)(F)F)c3)[C@@H]2c2ccc(F)cc2)[nH]1. The average molecular weight is 575 g/mol. The second kappa shape index (κ2) is 9.94. The van der Waals surface area contributed by atoms with Crippen LogP contribution in [0, 0.1) is 9.39 Å². The maximum Gasteiger partial charge on any atom is 0.416 e. The van der Waals surface area contributed by atoms with Crippen LogP contribution in [-0.4, -0.2) is 32.7 Å². The summed E-state index contributed by atoms with van der Waals surface area (Å²) in [6.45, 7) is 1.37. The second-order valence-electron chi connectivity index (χ2n) is 8.07. The number of likely N-dealkylation sites (tertiary alicyclic amines) is 1. The Hall–Kier alpha value is -2.25. The number of hydrogen-bond acceptors (Lipinski definition) is 4. The Bertz CT molecular complexity index is 1140. The van der Waals surface area contributed by atoms with Gasteiger partial charge in [0.2, 0.25) is 0 Å². The van der Waals surface area contributed by atoms with Crippen molar-refractivity contribution in [3.63, 3.8) is 0 Å². The molecule has 1 aromatic heterocycles. The number of halogens is 5. The molecule has 1 aliphatic heterocycles. The summed E-state index contributed by atoms with van der Waals surface area (Å²) in [6.07, 6.45) is -2.76. The first-order chi connectivity index (χ1) is 15.7. The van der Waals surface area contributed by atoms with Crippen molar-refractivity contribution in [3.05, 3.63) is 84.9 Å². The molecule has 2 atom stereocenters. The fourth-order valence-electron chi connectivity index (χ4n) is 4.30. The van der Waals surface area contributed by atoms with E-state index in [0.29, 0.717) is 21.5 Å². The predicted octanol–water partition coefficient (Wildman–Crippen LogP) is 4.36. The van der Waals surface area contributed by atoms with Crippen LogP contribution >= 0.6 is 22.6 Å². The van der Waals surface area contributed by atoms with Gasteiger partial charge in [0.1, 0.15) is 11.6 Å². The van der Waals surface area contributed by atoms with Crippen LogP contribution in [0.1, 0.15) is 41.4 Å². The molecule has 0 saturated carbocycles. The maximum atomic E-state index is 13.6. The molecule has 3 N–H and O–H groups in total. The molecule has 1 saturated heterocycles. The summed E-state index contributed by atoms with van der Waals surface area (Å²) >= 11 is 1.89. The van der Waals surface area contributed by atoms with Gasteiger partial charge in [0.15, 0.2) is 0 Å². The lowest BCUT2D eigenvalue weighted by atomic mass is 9.90. The van der Waals surface area contributed by atoms with E-state index in [9.17, 15) is 22.4 Å². The molecule has 0 spiro atoms. The lowest BCUT2D eigenvalue weighted by Gasteiger charge is -2.42. The number of aromatic nitrogens is 3. The van der Waals surface area contributed by atoms with Crippen LogP contribution in [0.2, 0.25) is 0 Å². The summed E-state index contributed by atoms with van der Waals surface area (Å²) < 4.78 is 53.8. The molecule has 0 unspecified atom stereocenters. The van der Waals surface area contributed by atoms with Gasteiger partial charge in [0, 0.05) is 16.2 Å². The van der Waals surface area contributed by atoms with Crippen LogP contribution in [0.25, 0.3) is 0 Å². The molecule has 0 amide bonds. The first-order valence-electron chi connectivity index (χ1n) is 10.4. The first-order valence-corrected chi connectivity index (χ1v) is 11.5. The van der Waals surface area contributed by atoms with Gasteiger partial charge in [0.05, 0.1) is 18.2 Å². The summed E-state index contributed by atoms with van der Waals surface area (Å²) in [6, 6.07) is 9.96. The van der Waals surface area contributed by atoms with Crippen LogP contribution in [0.4, 0.5) is 17.6 Å². The molecule has 176 valence electrons. The highest BCUT2D eigenvalue weighted by Crippen LogP contribution is 2.34. The van der Waals surface area contributed by atoms with Crippen molar-refractivity contribution in [1.82, 2.24) is 25.4 Å². The lowest BCUT2D eigenvalue weighted by Crippen LogP contribution is -2.47. The molecular formula is C22H22F4IN5O. The zero-order valence-electron chi connectivity index (χ0n) is 17.4. The number of piperidine rings is 1. The molecule has 0 bridgehead atoms. The Labute approximate surface area is 200 Å². The van der Waals surface area contributed by atoms with Gasteiger partial charge >= 0.3 is 11.9 Å². The molecule has 4 rings (SSSR count). The number of nitrogens with one attached hydrogen (secondary N) is 3. The highest BCUT2D eigenvalue weighted by molar-refractivity contribution is 14.1. The van der Waals surface area contributed by atoms with Crippen LogP contribution in [0.5, 0.6) is 0 Å². The maximum absolute atomic E-state index is 13.6. The zero-order chi connectivity index (χ0) is 23.6. The van der Waals surface area contributed by atoms with Gasteiger partial charge in [-0.2, -0.15) is 18.3 Å². The third-order valence-electron chi connectivity index (χ3n) is 5.70. The van der Waals surface area contributed by atoms with E-state index in [4.69, 9.17) is 0 Å². The fourth-order valence-corrected chi connectivity index (χ4v) is 5.03. The Kier molecular flexibility index (Phi) is 7.19. The monoisotopic (exact) mass is 575 g/mol. The summed E-state index contributed by atoms with van der Waals surface area (Å²) in [5, 5.41) is 9.77. The van der Waals surface area contributed by atoms with E-state index < -0.39 is 17.4 Å². The molecular weight excluding hydrogens is 553 g/mol. The predicted molar refractivity (Wildman–Crippen MR) is 123 cm³/mol. The second-order valence-corrected chi connectivity index (χ2v) is 9.31. The van der Waals surface area contributed by atoms with E-state index >= 15 is 0 Å². The smallest absolute Gasteiger partial charge is 0.308 e. The van der Waals surface area contributed by atoms with Gasteiger partial charge in [0.25, 0.3) is 0 Å². The van der Waals surface area contributed by atoms with Gasteiger partial charge in [-0.3, -0.25) is 9.88 Å². The van der Waals surface area contributed by atoms with Gasteiger partial charge in [-0.15, -0.1) is 0 Å². The summed E-state index contributed by atoms with van der Waals surface area (Å²) in [5.41, 5.74) is 0.356. The van der Waals surface area contributed by atoms with Crippen molar-refractivity contribution in [1.29, 1.82) is 0 Å². The van der Waals surface area contributed by atoms with E-state index in [1.165, 1.54) is 12.1 Å². The van der Waals surface area contributed by atoms with Crippen molar-refractivity contribution in [2.45, 2.75) is 44.2 Å². The average Bonchev–Trinajstić information content (AvgIpc) is 3.17. The quantitative estimate of drug-likeness (QED) is 0.302. The van der Waals surface area contributed by atoms with Crippen molar-refractivity contribution in [3.8, 4) is 0 Å². The normalized spacial score (nSPS) is 19.7. The number of aromatic amines is 2. The topological polar surface area (TPSA) is 76.8 Å². The van der Waals surface area contributed by atoms with E-state index in [1.807, 2.05) is 22.6 Å². The van der Waals surface area contributed by atoms with Gasteiger partial charge in [-0.25, -0.2) is 14.3 Å². The molecule has 1 fully saturated rings. The van der Waals surface area contributed by atoms with Crippen molar-refractivity contribution in [2.75, 3.05) is 6.54 Å². The number of rotatable bonds is 6. The largest absolute Gasteiger partial charge is 0.416 e. The Morgan fingerprint density at radius 3 is 2.61 bits per heavy atom. The molecule has 6 nitrogen and oxygen atoms in total. The third kappa shape index (κ3) is 6.01. The van der Waals surface area contributed by atoms with Crippen molar-refractivity contribution in [2.24, 2.45) is 0 Å². The molecule has 2 heterocycles. The van der Waals surface area contributed by atoms with E-state index in [0.717, 1.165) is 37.1 Å². The van der Waals surface area contributed by atoms with Crippen LogP contribution in [0.15, 0.2) is 47.3 Å². The van der Waals surface area contributed by atoms with Crippen LogP contribution < -0.4 is 11.0 Å². The van der Waals surface area contributed by atoms with Gasteiger partial charge in [-0.1, -0.05) is 12.1 Å². The highest BCUT2D eigenvalue weighted by Gasteiger charge is 2.34. The molecule has 11 heteroatoms. The Morgan fingerprint density at radius 2 is 1.94 bits per heavy atom. The molecule has 2 aromatic carbocycles. The number of nitrogens with zero attached hydrogens (tertiary/aromatic N) is 2. The minimum Gasteiger partial charge on any atom is -0.308 e. The summed E-state index contributed by atoms with van der Waals surface area (Å²) in [5.74, 6) is 0.140. The minimum absolute atomic E-state index is 0.0953. The van der Waals surface area contributed by atoms with Crippen molar-refractivity contribution >= 4 is 22.6 Å². The summed E-state index contributed by atoms with van der Waals surface area (Å²) in [7, 11) is 0. The highest BCUT2D eigenvalue weighted by atomic mass is 127. The lowest BCUT2D eigenvalue weighted by molar-refractivity contribution is -0.137. The van der Waals surface area contributed by atoms with Crippen LogP contribution in [-0.2, 0) is 19.3 Å². The van der Waals surface area contributed by atoms with E-state index in [-0.39, 0.29) is 24.4 Å². The Balaban J connectivity index is 1.58. The van der Waals surface area contributed by atoms with Gasteiger partial charge in [-0.05, 0) is 83.4 Å². The van der Waals surface area contributed by atoms with Crippen molar-refractivity contribution < 1.29 is 17.6 Å². The van der Waals surface area contributed by atoms with Crippen LogP contribution in [0.3, 0.4) is 0 Å². The zero-order valence-corrected chi connectivity index (χ0v) is 19.6. The first kappa shape index (κ1) is 23.9. The number of hydrogen-bond donors (Lipinski definition) is 3. The molecule has 0 aliphatic carbocycles. The fraction of sp³-hybridized carbons (Fsp3) is 0.364. The molecule has 1 aliphatic rings. The number of H-pyrrole nitrogens is 2. The number of benzene rings is 2. The standard InChI is InChI=1S/C22H22F4IN5O/c23-16-5-3-14(4-6-16)20-18(2-1-7-32(20)12-19-29-21(33)31-30-19)28-11-13-8-15(22(24,25)26)10-17(27)9-13/h3-6,8-10,18,20,28H,1-2,7,11-12H2,(H2,29,30,31,33)/t18-,20-/m0/s1. The molecule has 3 aromatic rings. The molecule has 33 heavy (non-hydrogen) atoms. The summed E-state index contributed by atoms with van der Waals surface area (Å²) in [4.78, 5) is 16.2. The number of alkyl halides is 3. The minimum atomic E-state index is -4.41.